The summed E-state index contributed by atoms with van der Waals surface area (Å²) in [4.78, 5) is 12.6. The lowest BCUT2D eigenvalue weighted by Crippen LogP contribution is -2.37. The Morgan fingerprint density at radius 2 is 1.52 bits per heavy atom. The summed E-state index contributed by atoms with van der Waals surface area (Å²) in [5.41, 5.74) is 11.0. The van der Waals surface area contributed by atoms with Crippen LogP contribution in [0.1, 0.15) is 16.7 Å². The quantitative estimate of drug-likeness (QED) is 0.594. The molecule has 3 aromatic carbocycles. The maximum absolute atomic E-state index is 12.6. The predicted molar refractivity (Wildman–Crippen MR) is 112 cm³/mol. The number of hydrogen-bond donors (Lipinski definition) is 3. The van der Waals surface area contributed by atoms with Crippen LogP contribution in [0.3, 0.4) is 0 Å². The molecule has 4 nitrogen and oxygen atoms in total. The van der Waals surface area contributed by atoms with E-state index in [1.807, 2.05) is 73.7 Å². The van der Waals surface area contributed by atoms with Gasteiger partial charge in [-0.25, -0.2) is 0 Å². The molecule has 1 unspecified atom stereocenters. The van der Waals surface area contributed by atoms with E-state index in [1.165, 1.54) is 5.56 Å². The molecule has 4 N–H and O–H groups in total. The van der Waals surface area contributed by atoms with E-state index in [1.54, 1.807) is 0 Å². The number of nitrogens with one attached hydrogen (secondary N) is 2. The number of rotatable bonds is 7. The third-order valence-corrected chi connectivity index (χ3v) is 4.39. The van der Waals surface area contributed by atoms with E-state index < -0.39 is 6.04 Å². The second kappa shape index (κ2) is 9.01. The molecule has 0 aromatic heterocycles. The largest absolute Gasteiger partial charge is 0.379 e. The van der Waals surface area contributed by atoms with Gasteiger partial charge < -0.3 is 16.4 Å². The molecule has 0 radical (unpaired) electrons. The first kappa shape index (κ1) is 18.7. The number of nitrogens with two attached hydrogens (primary N) is 1. The van der Waals surface area contributed by atoms with Gasteiger partial charge in [-0.05, 0) is 42.2 Å². The van der Waals surface area contributed by atoms with E-state index in [0.29, 0.717) is 13.0 Å². The zero-order valence-electron chi connectivity index (χ0n) is 15.5. The Labute approximate surface area is 160 Å². The molecule has 0 heterocycles. The van der Waals surface area contributed by atoms with Crippen molar-refractivity contribution in [2.75, 3.05) is 10.6 Å². The lowest BCUT2D eigenvalue weighted by Gasteiger charge is -2.17. The van der Waals surface area contributed by atoms with Crippen molar-refractivity contribution >= 4 is 17.3 Å². The third kappa shape index (κ3) is 5.43. The van der Waals surface area contributed by atoms with Crippen molar-refractivity contribution in [3.05, 3.63) is 95.6 Å². The van der Waals surface area contributed by atoms with Crippen LogP contribution in [0.4, 0.5) is 11.4 Å². The summed E-state index contributed by atoms with van der Waals surface area (Å²) in [6, 6.07) is 25.3. The minimum absolute atomic E-state index is 0.188. The first-order valence-electron chi connectivity index (χ1n) is 9.10. The highest BCUT2D eigenvalue weighted by Gasteiger charge is 2.16. The molecule has 1 atom stereocenters. The van der Waals surface area contributed by atoms with Gasteiger partial charge in [-0.2, -0.15) is 0 Å². The van der Waals surface area contributed by atoms with Crippen LogP contribution < -0.4 is 16.4 Å². The monoisotopic (exact) mass is 359 g/mol. The van der Waals surface area contributed by atoms with Crippen LogP contribution in [-0.2, 0) is 17.8 Å². The fraction of sp³-hybridized carbons (Fsp3) is 0.174. The zero-order chi connectivity index (χ0) is 19.1. The molecule has 27 heavy (non-hydrogen) atoms. The molecule has 0 aliphatic carbocycles. The number of hydrogen-bond acceptors (Lipinski definition) is 3. The van der Waals surface area contributed by atoms with Crippen LogP contribution in [0.5, 0.6) is 0 Å². The standard InChI is InChI=1S/C23H25N3O/c1-17-12-13-21(25-16-19-10-6-3-7-11-19)22(14-17)26-23(27)20(24)15-18-8-4-2-5-9-18/h2-14,20,25H,15-16,24H2,1H3,(H,26,27). The van der Waals surface area contributed by atoms with Crippen molar-refractivity contribution in [1.29, 1.82) is 0 Å². The van der Waals surface area contributed by atoms with Gasteiger partial charge in [-0.1, -0.05) is 66.7 Å². The fourth-order valence-electron chi connectivity index (χ4n) is 2.89. The van der Waals surface area contributed by atoms with Gasteiger partial charge in [0, 0.05) is 6.54 Å². The molecular formula is C23H25N3O. The highest BCUT2D eigenvalue weighted by molar-refractivity contribution is 5.97. The van der Waals surface area contributed by atoms with E-state index in [-0.39, 0.29) is 5.91 Å². The summed E-state index contributed by atoms with van der Waals surface area (Å²) in [7, 11) is 0. The Kier molecular flexibility index (Phi) is 6.23. The zero-order valence-corrected chi connectivity index (χ0v) is 15.5. The van der Waals surface area contributed by atoms with Gasteiger partial charge in [0.2, 0.25) is 5.91 Å². The molecule has 3 rings (SSSR count). The van der Waals surface area contributed by atoms with E-state index in [9.17, 15) is 4.79 Å². The van der Waals surface area contributed by atoms with Crippen LogP contribution in [0.15, 0.2) is 78.9 Å². The Bertz CT molecular complexity index is 879. The van der Waals surface area contributed by atoms with Gasteiger partial charge in [-0.3, -0.25) is 4.79 Å². The number of anilines is 2. The maximum atomic E-state index is 12.6. The van der Waals surface area contributed by atoms with E-state index >= 15 is 0 Å². The van der Waals surface area contributed by atoms with Gasteiger partial charge in [0.1, 0.15) is 0 Å². The van der Waals surface area contributed by atoms with Crippen LogP contribution in [0.2, 0.25) is 0 Å². The van der Waals surface area contributed by atoms with Crippen molar-refractivity contribution in [3.8, 4) is 0 Å². The maximum Gasteiger partial charge on any atom is 0.241 e. The minimum Gasteiger partial charge on any atom is -0.379 e. The molecule has 4 heteroatoms. The summed E-state index contributed by atoms with van der Waals surface area (Å²) < 4.78 is 0. The molecule has 1 amide bonds. The Balaban J connectivity index is 1.67. The molecule has 0 spiro atoms. The van der Waals surface area contributed by atoms with E-state index in [0.717, 1.165) is 22.5 Å². The lowest BCUT2D eigenvalue weighted by atomic mass is 10.1. The second-order valence-corrected chi connectivity index (χ2v) is 6.67. The van der Waals surface area contributed by atoms with Crippen molar-refractivity contribution in [2.45, 2.75) is 25.9 Å². The Morgan fingerprint density at radius 1 is 0.889 bits per heavy atom. The lowest BCUT2D eigenvalue weighted by molar-refractivity contribution is -0.117. The van der Waals surface area contributed by atoms with Gasteiger partial charge in [0.05, 0.1) is 17.4 Å². The van der Waals surface area contributed by atoms with Crippen molar-refractivity contribution < 1.29 is 4.79 Å². The average molecular weight is 359 g/mol. The molecule has 0 saturated heterocycles. The van der Waals surface area contributed by atoms with Crippen molar-refractivity contribution in [1.82, 2.24) is 0 Å². The SMILES string of the molecule is Cc1ccc(NCc2ccccc2)c(NC(=O)C(N)Cc2ccccc2)c1. The van der Waals surface area contributed by atoms with Crippen LogP contribution in [-0.4, -0.2) is 11.9 Å². The molecule has 0 saturated carbocycles. The van der Waals surface area contributed by atoms with Gasteiger partial charge in [0.25, 0.3) is 0 Å². The number of amides is 1. The summed E-state index contributed by atoms with van der Waals surface area (Å²) in [5.74, 6) is -0.188. The average Bonchev–Trinajstić information content (AvgIpc) is 2.69. The van der Waals surface area contributed by atoms with Gasteiger partial charge in [0.15, 0.2) is 0 Å². The second-order valence-electron chi connectivity index (χ2n) is 6.67. The molecule has 0 bridgehead atoms. The topological polar surface area (TPSA) is 67.1 Å². The summed E-state index contributed by atoms with van der Waals surface area (Å²) in [6.45, 7) is 2.68. The highest BCUT2D eigenvalue weighted by atomic mass is 16.2. The molecule has 0 fully saturated rings. The van der Waals surface area contributed by atoms with E-state index in [2.05, 4.69) is 22.8 Å². The predicted octanol–water partition coefficient (Wildman–Crippen LogP) is 4.12. The van der Waals surface area contributed by atoms with Crippen LogP contribution in [0, 0.1) is 6.92 Å². The van der Waals surface area contributed by atoms with Gasteiger partial charge >= 0.3 is 0 Å². The molecule has 3 aromatic rings. The minimum atomic E-state index is -0.602. The van der Waals surface area contributed by atoms with Crippen LogP contribution >= 0.6 is 0 Å². The first-order chi connectivity index (χ1) is 13.1. The fourth-order valence-corrected chi connectivity index (χ4v) is 2.89. The summed E-state index contributed by atoms with van der Waals surface area (Å²) in [6.07, 6.45) is 0.505. The normalized spacial score (nSPS) is 11.6. The van der Waals surface area contributed by atoms with Crippen molar-refractivity contribution in [3.63, 3.8) is 0 Å². The van der Waals surface area contributed by atoms with Gasteiger partial charge in [-0.15, -0.1) is 0 Å². The molecular weight excluding hydrogens is 334 g/mol. The van der Waals surface area contributed by atoms with Crippen molar-refractivity contribution in [2.24, 2.45) is 5.73 Å². The highest BCUT2D eigenvalue weighted by Crippen LogP contribution is 2.24. The molecule has 138 valence electrons. The first-order valence-corrected chi connectivity index (χ1v) is 9.10. The Morgan fingerprint density at radius 3 is 2.19 bits per heavy atom. The molecule has 0 aliphatic heterocycles. The smallest absolute Gasteiger partial charge is 0.241 e. The summed E-state index contributed by atoms with van der Waals surface area (Å²) in [5, 5.41) is 6.38. The number of benzene rings is 3. The van der Waals surface area contributed by atoms with Crippen LogP contribution in [0.25, 0.3) is 0 Å². The number of carbonyl (C=O) groups excluding carboxylic acids is 1. The molecule has 0 aliphatic rings. The number of aryl methyl sites for hydroxylation is 1. The number of carbonyl (C=O) groups is 1. The third-order valence-electron chi connectivity index (χ3n) is 4.39. The Hall–Kier alpha value is -3.11. The van der Waals surface area contributed by atoms with E-state index in [4.69, 9.17) is 5.73 Å². The summed E-state index contributed by atoms with van der Waals surface area (Å²) >= 11 is 0.